The lowest BCUT2D eigenvalue weighted by molar-refractivity contribution is -0.141. The highest BCUT2D eigenvalue weighted by atomic mass is 19.4. The number of carbonyl (C=O) groups is 2. The van der Waals surface area contributed by atoms with Gasteiger partial charge in [0.25, 0.3) is 5.91 Å². The van der Waals surface area contributed by atoms with E-state index >= 15 is 0 Å². The number of nitrogens with one attached hydrogen (secondary N) is 2. The van der Waals surface area contributed by atoms with Crippen LogP contribution >= 0.6 is 0 Å². The molecule has 3 rings (SSSR count). The summed E-state index contributed by atoms with van der Waals surface area (Å²) in [6.07, 6.45) is -3.12. The SMILES string of the molecule is CCn1cc(NC(=O)Cn2nc(C(F)(F)F)cc2C)c(C(=O)Nc2ccccc2)n1. The molecule has 2 amide bonds. The molecule has 0 spiro atoms. The molecule has 2 heterocycles. The summed E-state index contributed by atoms with van der Waals surface area (Å²) < 4.78 is 40.8. The van der Waals surface area contributed by atoms with Gasteiger partial charge in [-0.25, -0.2) is 0 Å². The van der Waals surface area contributed by atoms with Crippen LogP contribution in [0.1, 0.15) is 28.8 Å². The second-order valence-electron chi connectivity index (χ2n) is 6.44. The largest absolute Gasteiger partial charge is 0.435 e. The maximum atomic E-state index is 12.8. The van der Waals surface area contributed by atoms with Gasteiger partial charge in [-0.3, -0.25) is 19.0 Å². The van der Waals surface area contributed by atoms with E-state index in [-0.39, 0.29) is 17.1 Å². The van der Waals surface area contributed by atoms with Gasteiger partial charge in [-0.15, -0.1) is 0 Å². The summed E-state index contributed by atoms with van der Waals surface area (Å²) in [5.41, 5.74) is -0.200. The number of para-hydroxylation sites is 1. The first kappa shape index (κ1) is 21.1. The van der Waals surface area contributed by atoms with E-state index in [2.05, 4.69) is 20.8 Å². The van der Waals surface area contributed by atoms with Crippen LogP contribution in [0.3, 0.4) is 0 Å². The first-order chi connectivity index (χ1) is 14.2. The van der Waals surface area contributed by atoms with Gasteiger partial charge in [-0.1, -0.05) is 18.2 Å². The van der Waals surface area contributed by atoms with E-state index in [9.17, 15) is 22.8 Å². The molecule has 2 aromatic heterocycles. The predicted molar refractivity (Wildman–Crippen MR) is 103 cm³/mol. The molecule has 0 saturated heterocycles. The van der Waals surface area contributed by atoms with Crippen molar-refractivity contribution in [3.8, 4) is 0 Å². The molecule has 30 heavy (non-hydrogen) atoms. The summed E-state index contributed by atoms with van der Waals surface area (Å²) in [5, 5.41) is 12.8. The van der Waals surface area contributed by atoms with Gasteiger partial charge in [0.05, 0.1) is 5.69 Å². The average molecular weight is 420 g/mol. The summed E-state index contributed by atoms with van der Waals surface area (Å²) in [6, 6.07) is 9.57. The molecule has 0 bridgehead atoms. The Morgan fingerprint density at radius 2 is 1.80 bits per heavy atom. The maximum absolute atomic E-state index is 12.8. The Morgan fingerprint density at radius 1 is 1.10 bits per heavy atom. The predicted octanol–water partition coefficient (Wildman–Crippen LogP) is 3.32. The molecule has 0 aliphatic rings. The van der Waals surface area contributed by atoms with E-state index in [0.29, 0.717) is 12.2 Å². The van der Waals surface area contributed by atoms with Crippen molar-refractivity contribution in [2.45, 2.75) is 33.1 Å². The van der Waals surface area contributed by atoms with Crippen LogP contribution < -0.4 is 10.6 Å². The molecular weight excluding hydrogens is 401 g/mol. The fraction of sp³-hybridized carbons (Fsp3) is 0.263. The van der Waals surface area contributed by atoms with Crippen molar-refractivity contribution in [1.29, 1.82) is 0 Å². The quantitative estimate of drug-likeness (QED) is 0.640. The molecule has 0 saturated carbocycles. The van der Waals surface area contributed by atoms with Crippen molar-refractivity contribution in [3.63, 3.8) is 0 Å². The Morgan fingerprint density at radius 3 is 2.40 bits per heavy atom. The lowest BCUT2D eigenvalue weighted by atomic mass is 10.3. The number of nitrogens with zero attached hydrogens (tertiary/aromatic N) is 4. The van der Waals surface area contributed by atoms with E-state index in [1.54, 1.807) is 30.3 Å². The zero-order valence-electron chi connectivity index (χ0n) is 16.2. The number of aryl methyl sites for hydroxylation is 2. The highest BCUT2D eigenvalue weighted by molar-refractivity contribution is 6.08. The number of rotatable bonds is 6. The monoisotopic (exact) mass is 420 g/mol. The average Bonchev–Trinajstić information content (AvgIpc) is 3.26. The summed E-state index contributed by atoms with van der Waals surface area (Å²) in [5.74, 6) is -1.17. The third kappa shape index (κ3) is 4.85. The number of alkyl halides is 3. The number of anilines is 2. The topological polar surface area (TPSA) is 93.8 Å². The minimum absolute atomic E-state index is 0.0118. The number of benzene rings is 1. The molecule has 0 aliphatic carbocycles. The molecule has 3 aromatic rings. The number of hydrogen-bond donors (Lipinski definition) is 2. The van der Waals surface area contributed by atoms with Crippen molar-refractivity contribution >= 4 is 23.2 Å². The Bertz CT molecular complexity index is 1060. The number of carbonyl (C=O) groups excluding carboxylic acids is 2. The molecule has 158 valence electrons. The maximum Gasteiger partial charge on any atom is 0.435 e. The summed E-state index contributed by atoms with van der Waals surface area (Å²) in [4.78, 5) is 25.0. The summed E-state index contributed by atoms with van der Waals surface area (Å²) >= 11 is 0. The zero-order valence-corrected chi connectivity index (χ0v) is 16.2. The van der Waals surface area contributed by atoms with Crippen LogP contribution in [0.15, 0.2) is 42.6 Å². The van der Waals surface area contributed by atoms with Gasteiger partial charge in [0.15, 0.2) is 11.4 Å². The Kier molecular flexibility index (Phi) is 5.90. The van der Waals surface area contributed by atoms with Gasteiger partial charge in [0.2, 0.25) is 5.91 Å². The van der Waals surface area contributed by atoms with Crippen molar-refractivity contribution in [2.24, 2.45) is 0 Å². The molecule has 0 radical (unpaired) electrons. The normalized spacial score (nSPS) is 11.4. The number of hydrogen-bond acceptors (Lipinski definition) is 4. The third-order valence-electron chi connectivity index (χ3n) is 4.17. The fourth-order valence-electron chi connectivity index (χ4n) is 2.69. The van der Waals surface area contributed by atoms with Crippen molar-refractivity contribution in [2.75, 3.05) is 10.6 Å². The summed E-state index contributed by atoms with van der Waals surface area (Å²) in [6.45, 7) is 3.24. The van der Waals surface area contributed by atoms with Crippen LogP contribution in [0.4, 0.5) is 24.5 Å². The Hall–Kier alpha value is -3.63. The molecule has 0 fully saturated rings. The first-order valence-electron chi connectivity index (χ1n) is 9.02. The first-order valence-corrected chi connectivity index (χ1v) is 9.02. The number of aromatic nitrogens is 4. The molecule has 11 heteroatoms. The Labute approximate surface area is 169 Å². The number of halogens is 3. The van der Waals surface area contributed by atoms with E-state index in [1.807, 2.05) is 6.92 Å². The fourth-order valence-corrected chi connectivity index (χ4v) is 2.69. The van der Waals surface area contributed by atoms with Gasteiger partial charge >= 0.3 is 6.18 Å². The van der Waals surface area contributed by atoms with Crippen LogP contribution in [0.5, 0.6) is 0 Å². The van der Waals surface area contributed by atoms with Gasteiger partial charge in [0.1, 0.15) is 6.54 Å². The lowest BCUT2D eigenvalue weighted by Crippen LogP contribution is -2.22. The van der Waals surface area contributed by atoms with E-state index in [4.69, 9.17) is 0 Å². The molecule has 0 aliphatic heterocycles. The lowest BCUT2D eigenvalue weighted by Gasteiger charge is -2.08. The molecule has 0 atom stereocenters. The molecule has 8 nitrogen and oxygen atoms in total. The van der Waals surface area contributed by atoms with Crippen LogP contribution in [-0.2, 0) is 24.1 Å². The number of amides is 2. The smallest absolute Gasteiger partial charge is 0.321 e. The van der Waals surface area contributed by atoms with Gasteiger partial charge in [-0.2, -0.15) is 23.4 Å². The second kappa shape index (κ2) is 8.39. The van der Waals surface area contributed by atoms with Gasteiger partial charge < -0.3 is 10.6 Å². The minimum atomic E-state index is -4.60. The van der Waals surface area contributed by atoms with Crippen LogP contribution in [0, 0.1) is 6.92 Å². The molecular formula is C19H19F3N6O2. The highest BCUT2D eigenvalue weighted by Gasteiger charge is 2.34. The molecule has 1 aromatic carbocycles. The highest BCUT2D eigenvalue weighted by Crippen LogP contribution is 2.28. The van der Waals surface area contributed by atoms with Crippen LogP contribution in [0.25, 0.3) is 0 Å². The minimum Gasteiger partial charge on any atom is -0.321 e. The van der Waals surface area contributed by atoms with Gasteiger partial charge in [0, 0.05) is 24.1 Å². The molecule has 2 N–H and O–H groups in total. The third-order valence-corrected chi connectivity index (χ3v) is 4.17. The van der Waals surface area contributed by atoms with Crippen LogP contribution in [0.2, 0.25) is 0 Å². The molecule has 0 unspecified atom stereocenters. The standard InChI is InChI=1S/C19H19F3N6O2/c1-3-27-10-14(17(26-27)18(30)23-13-7-5-4-6-8-13)24-16(29)11-28-12(2)9-15(25-28)19(20,21)22/h4-10H,3,11H2,1-2H3,(H,23,30)(H,24,29). The zero-order chi connectivity index (χ0) is 21.9. The van der Waals surface area contributed by atoms with Gasteiger partial charge in [-0.05, 0) is 32.0 Å². The Balaban J connectivity index is 1.76. The van der Waals surface area contributed by atoms with Crippen molar-refractivity contribution < 1.29 is 22.8 Å². The second-order valence-corrected chi connectivity index (χ2v) is 6.44. The van der Waals surface area contributed by atoms with Crippen LogP contribution in [-0.4, -0.2) is 31.4 Å². The van der Waals surface area contributed by atoms with E-state index < -0.39 is 30.2 Å². The van der Waals surface area contributed by atoms with Crippen molar-refractivity contribution in [1.82, 2.24) is 19.6 Å². The van der Waals surface area contributed by atoms with E-state index in [0.717, 1.165) is 10.7 Å². The summed E-state index contributed by atoms with van der Waals surface area (Å²) in [7, 11) is 0. The van der Waals surface area contributed by atoms with E-state index in [1.165, 1.54) is 17.8 Å². The van der Waals surface area contributed by atoms with Crippen molar-refractivity contribution in [3.05, 3.63) is 59.7 Å².